The van der Waals surface area contributed by atoms with Crippen molar-refractivity contribution in [2.45, 2.75) is 6.92 Å². The highest BCUT2D eigenvalue weighted by Gasteiger charge is 2.15. The molecular weight excluding hydrogens is 404 g/mol. The summed E-state index contributed by atoms with van der Waals surface area (Å²) in [5.74, 6) is -3.33. The van der Waals surface area contributed by atoms with Gasteiger partial charge in [-0.3, -0.25) is 0 Å². The van der Waals surface area contributed by atoms with Crippen molar-refractivity contribution in [3.63, 3.8) is 0 Å². The van der Waals surface area contributed by atoms with Crippen LogP contribution in [-0.2, 0) is 0 Å². The summed E-state index contributed by atoms with van der Waals surface area (Å²) in [6.07, 6.45) is 0. The molecule has 8 heteroatoms. The Morgan fingerprint density at radius 2 is 1.03 bits per heavy atom. The third-order valence-electron chi connectivity index (χ3n) is 4.31. The summed E-state index contributed by atoms with van der Waals surface area (Å²) < 4.78 is 10.6. The van der Waals surface area contributed by atoms with Crippen molar-refractivity contribution in [3.05, 3.63) is 94.5 Å². The van der Waals surface area contributed by atoms with E-state index in [4.69, 9.17) is 19.7 Å². The number of hydrogen-bond acceptors (Lipinski definition) is 6. The Morgan fingerprint density at radius 1 is 0.613 bits per heavy atom. The minimum atomic E-state index is -1.11. The van der Waals surface area contributed by atoms with E-state index in [1.807, 2.05) is 0 Å². The molecule has 0 amide bonds. The monoisotopic (exact) mass is 420 g/mol. The van der Waals surface area contributed by atoms with Crippen molar-refractivity contribution >= 4 is 23.9 Å². The van der Waals surface area contributed by atoms with Gasteiger partial charge in [0.1, 0.15) is 11.5 Å². The highest BCUT2D eigenvalue weighted by molar-refractivity contribution is 5.94. The van der Waals surface area contributed by atoms with Gasteiger partial charge in [0, 0.05) is 6.07 Å². The number of esters is 2. The number of carbonyl (C=O) groups is 4. The third kappa shape index (κ3) is 5.13. The second-order valence-electron chi connectivity index (χ2n) is 6.47. The van der Waals surface area contributed by atoms with E-state index >= 15 is 0 Å². The zero-order chi connectivity index (χ0) is 22.5. The fraction of sp³-hybridized carbons (Fsp3) is 0.0435. The van der Waals surface area contributed by atoms with Gasteiger partial charge in [0.2, 0.25) is 0 Å². The molecule has 0 aliphatic heterocycles. The molecule has 0 atom stereocenters. The average Bonchev–Trinajstić information content (AvgIpc) is 2.76. The van der Waals surface area contributed by atoms with Crippen LogP contribution in [0.3, 0.4) is 0 Å². The molecule has 31 heavy (non-hydrogen) atoms. The fourth-order valence-electron chi connectivity index (χ4n) is 2.58. The molecule has 0 saturated carbocycles. The molecule has 0 radical (unpaired) electrons. The van der Waals surface area contributed by atoms with E-state index < -0.39 is 23.9 Å². The quantitative estimate of drug-likeness (QED) is 0.455. The largest absolute Gasteiger partial charge is 0.478 e. The van der Waals surface area contributed by atoms with Gasteiger partial charge < -0.3 is 19.7 Å². The molecule has 0 bridgehead atoms. The normalized spacial score (nSPS) is 10.2. The molecule has 2 N–H and O–H groups in total. The smallest absolute Gasteiger partial charge is 0.343 e. The Kier molecular flexibility index (Phi) is 6.11. The molecule has 8 nitrogen and oxygen atoms in total. The van der Waals surface area contributed by atoms with Gasteiger partial charge in [-0.2, -0.15) is 0 Å². The number of hydrogen-bond donors (Lipinski definition) is 2. The first-order valence-corrected chi connectivity index (χ1v) is 8.96. The Bertz CT molecular complexity index is 1160. The lowest BCUT2D eigenvalue weighted by Crippen LogP contribution is -2.11. The molecule has 0 fully saturated rings. The number of rotatable bonds is 6. The number of carboxylic acid groups (broad SMARTS) is 2. The number of aromatic carboxylic acids is 2. The van der Waals surface area contributed by atoms with Crippen molar-refractivity contribution in [1.82, 2.24) is 0 Å². The fourth-order valence-corrected chi connectivity index (χ4v) is 2.58. The predicted molar refractivity (Wildman–Crippen MR) is 108 cm³/mol. The highest BCUT2D eigenvalue weighted by Crippen LogP contribution is 2.26. The Hall–Kier alpha value is -4.46. The van der Waals surface area contributed by atoms with Crippen LogP contribution >= 0.6 is 0 Å². The molecule has 0 aromatic heterocycles. The molecule has 0 spiro atoms. The minimum absolute atomic E-state index is 0.0393. The first-order valence-electron chi connectivity index (χ1n) is 8.96. The zero-order valence-corrected chi connectivity index (χ0v) is 16.2. The van der Waals surface area contributed by atoms with Gasteiger partial charge in [-0.05, 0) is 67.1 Å². The van der Waals surface area contributed by atoms with Crippen molar-refractivity contribution in [2.75, 3.05) is 0 Å². The van der Waals surface area contributed by atoms with Gasteiger partial charge in [-0.15, -0.1) is 0 Å². The Labute approximate surface area is 176 Å². The summed E-state index contributed by atoms with van der Waals surface area (Å²) in [5, 5.41) is 17.8. The first kappa shape index (κ1) is 21.3. The van der Waals surface area contributed by atoms with Gasteiger partial charge in [-0.1, -0.05) is 6.07 Å². The molecule has 0 saturated heterocycles. The van der Waals surface area contributed by atoms with Crippen molar-refractivity contribution in [2.24, 2.45) is 0 Å². The van der Waals surface area contributed by atoms with E-state index in [9.17, 15) is 19.2 Å². The number of ether oxygens (including phenoxy) is 2. The topological polar surface area (TPSA) is 127 Å². The van der Waals surface area contributed by atoms with Crippen LogP contribution in [0.15, 0.2) is 66.7 Å². The summed E-state index contributed by atoms with van der Waals surface area (Å²) in [4.78, 5) is 46.5. The molecule has 3 aromatic rings. The number of carbonyl (C=O) groups excluding carboxylic acids is 2. The Morgan fingerprint density at radius 3 is 1.48 bits per heavy atom. The van der Waals surface area contributed by atoms with Crippen molar-refractivity contribution in [3.8, 4) is 11.5 Å². The van der Waals surface area contributed by atoms with Crippen molar-refractivity contribution in [1.29, 1.82) is 0 Å². The summed E-state index contributed by atoms with van der Waals surface area (Å²) in [5.41, 5.74) is 1.00. The molecular formula is C23H16O8. The molecule has 3 aromatic carbocycles. The van der Waals surface area contributed by atoms with Crippen LogP contribution in [0.2, 0.25) is 0 Å². The Balaban J connectivity index is 1.73. The summed E-state index contributed by atoms with van der Waals surface area (Å²) in [6, 6.07) is 15.0. The second kappa shape index (κ2) is 8.91. The predicted octanol–water partition coefficient (Wildman–Crippen LogP) is 3.83. The molecule has 3 rings (SSSR count). The van der Waals surface area contributed by atoms with Gasteiger partial charge in [0.15, 0.2) is 0 Å². The van der Waals surface area contributed by atoms with Gasteiger partial charge in [-0.25, -0.2) is 19.2 Å². The number of benzene rings is 3. The summed E-state index contributed by atoms with van der Waals surface area (Å²) in [7, 11) is 0. The van der Waals surface area contributed by atoms with Crippen LogP contribution in [0.1, 0.15) is 47.0 Å². The average molecular weight is 420 g/mol. The maximum absolute atomic E-state index is 12.4. The van der Waals surface area contributed by atoms with Crippen molar-refractivity contribution < 1.29 is 38.9 Å². The highest BCUT2D eigenvalue weighted by atomic mass is 16.5. The molecule has 0 heterocycles. The van der Waals surface area contributed by atoms with E-state index in [1.54, 1.807) is 13.0 Å². The lowest BCUT2D eigenvalue weighted by Gasteiger charge is -2.10. The van der Waals surface area contributed by atoms with Crippen LogP contribution in [-0.4, -0.2) is 34.1 Å². The maximum Gasteiger partial charge on any atom is 0.343 e. The zero-order valence-electron chi connectivity index (χ0n) is 16.2. The first-order chi connectivity index (χ1) is 14.7. The van der Waals surface area contributed by atoms with E-state index in [0.29, 0.717) is 5.56 Å². The van der Waals surface area contributed by atoms with Crippen LogP contribution in [0.25, 0.3) is 0 Å². The number of aryl methyl sites for hydroxylation is 1. The lowest BCUT2D eigenvalue weighted by molar-refractivity contribution is 0.0685. The second-order valence-corrected chi connectivity index (χ2v) is 6.47. The summed E-state index contributed by atoms with van der Waals surface area (Å²) in [6.45, 7) is 1.70. The van der Waals surface area contributed by atoms with E-state index in [2.05, 4.69) is 0 Å². The van der Waals surface area contributed by atoms with E-state index in [-0.39, 0.29) is 33.8 Å². The standard InChI is InChI=1S/C23H16O8/c1-13-2-11-18(30-22(28)16-7-3-14(4-8-16)20(24)25)12-19(13)31-23(29)17-9-5-15(6-10-17)21(26)27/h2-12H,1H3,(H,24,25)(H,26,27). The lowest BCUT2D eigenvalue weighted by atomic mass is 10.1. The molecule has 0 aliphatic carbocycles. The third-order valence-corrected chi connectivity index (χ3v) is 4.31. The van der Waals surface area contributed by atoms with E-state index in [0.717, 1.165) is 0 Å². The molecule has 0 unspecified atom stereocenters. The summed E-state index contributed by atoms with van der Waals surface area (Å²) >= 11 is 0. The van der Waals surface area contributed by atoms with E-state index in [1.165, 1.54) is 60.7 Å². The SMILES string of the molecule is Cc1ccc(OC(=O)c2ccc(C(=O)O)cc2)cc1OC(=O)c1ccc(C(=O)O)cc1. The molecule has 0 aliphatic rings. The van der Waals surface area contributed by atoms with Gasteiger partial charge in [0.05, 0.1) is 22.3 Å². The maximum atomic E-state index is 12.4. The van der Waals surface area contributed by atoms with Crippen LogP contribution in [0, 0.1) is 6.92 Å². The molecule has 156 valence electrons. The van der Waals surface area contributed by atoms with Crippen LogP contribution in [0.5, 0.6) is 11.5 Å². The van der Waals surface area contributed by atoms with Crippen LogP contribution in [0.4, 0.5) is 0 Å². The minimum Gasteiger partial charge on any atom is -0.478 e. The number of carboxylic acids is 2. The van der Waals surface area contributed by atoms with Gasteiger partial charge in [0.25, 0.3) is 0 Å². The van der Waals surface area contributed by atoms with Gasteiger partial charge >= 0.3 is 23.9 Å². The van der Waals surface area contributed by atoms with Crippen LogP contribution < -0.4 is 9.47 Å².